The van der Waals surface area contributed by atoms with Crippen LogP contribution in [0.15, 0.2) is 18.2 Å². The number of hydrogen-bond acceptors (Lipinski definition) is 4. The lowest BCUT2D eigenvalue weighted by Gasteiger charge is -2.38. The van der Waals surface area contributed by atoms with Gasteiger partial charge >= 0.3 is 5.97 Å². The molecule has 2 unspecified atom stereocenters. The van der Waals surface area contributed by atoms with Gasteiger partial charge in [0.15, 0.2) is 5.69 Å². The lowest BCUT2D eigenvalue weighted by Crippen LogP contribution is -2.45. The summed E-state index contributed by atoms with van der Waals surface area (Å²) in [6.45, 7) is 5.28. The van der Waals surface area contributed by atoms with E-state index in [-0.39, 0.29) is 5.69 Å². The maximum Gasteiger partial charge on any atom is 0.354 e. The van der Waals surface area contributed by atoms with Crippen LogP contribution in [0.3, 0.4) is 0 Å². The van der Waals surface area contributed by atoms with Gasteiger partial charge in [-0.2, -0.15) is 11.8 Å². The van der Waals surface area contributed by atoms with Crippen molar-refractivity contribution < 1.29 is 9.90 Å². The number of pyridine rings is 1. The van der Waals surface area contributed by atoms with Gasteiger partial charge in [-0.3, -0.25) is 0 Å². The van der Waals surface area contributed by atoms with E-state index in [9.17, 15) is 4.79 Å². The molecule has 4 nitrogen and oxygen atoms in total. The number of carbonyl (C=O) groups is 1. The van der Waals surface area contributed by atoms with Gasteiger partial charge in [0.05, 0.1) is 0 Å². The first-order valence-corrected chi connectivity index (χ1v) is 6.73. The Morgan fingerprint density at radius 1 is 1.53 bits per heavy atom. The molecule has 1 fully saturated rings. The normalized spacial score (nSPS) is 24.7. The van der Waals surface area contributed by atoms with Gasteiger partial charge in [-0.15, -0.1) is 0 Å². The Bertz CT molecular complexity index is 425. The van der Waals surface area contributed by atoms with Gasteiger partial charge in [-0.25, -0.2) is 9.78 Å². The van der Waals surface area contributed by atoms with E-state index in [4.69, 9.17) is 5.11 Å². The third kappa shape index (κ3) is 2.54. The number of aromatic nitrogens is 1. The number of anilines is 1. The maximum atomic E-state index is 10.9. The molecule has 0 saturated carbocycles. The third-order valence-corrected chi connectivity index (χ3v) is 4.47. The van der Waals surface area contributed by atoms with Crippen LogP contribution in [0.5, 0.6) is 0 Å². The molecule has 0 aromatic carbocycles. The molecule has 1 aliphatic rings. The zero-order valence-corrected chi connectivity index (χ0v) is 10.8. The topological polar surface area (TPSA) is 53.4 Å². The standard InChI is InChI=1S/C12H16N2O2S/c1-8-9(2)17-7-6-14(8)11-5-3-4-10(13-11)12(15)16/h3-5,8-9H,6-7H2,1-2H3,(H,15,16). The van der Waals surface area contributed by atoms with Crippen molar-refractivity contribution in [3.63, 3.8) is 0 Å². The maximum absolute atomic E-state index is 10.9. The monoisotopic (exact) mass is 252 g/mol. The molecule has 2 rings (SSSR count). The summed E-state index contributed by atoms with van der Waals surface area (Å²) in [4.78, 5) is 17.3. The first-order valence-electron chi connectivity index (χ1n) is 5.68. The lowest BCUT2D eigenvalue weighted by molar-refractivity contribution is 0.0690. The van der Waals surface area contributed by atoms with Crippen molar-refractivity contribution in [3.05, 3.63) is 23.9 Å². The highest BCUT2D eigenvalue weighted by Gasteiger charge is 2.26. The second-order valence-electron chi connectivity index (χ2n) is 4.20. The molecule has 1 aliphatic heterocycles. The molecule has 2 heterocycles. The van der Waals surface area contributed by atoms with E-state index in [1.807, 2.05) is 17.8 Å². The highest BCUT2D eigenvalue weighted by molar-refractivity contribution is 8.00. The molecule has 92 valence electrons. The molecular formula is C12H16N2O2S. The molecule has 0 bridgehead atoms. The summed E-state index contributed by atoms with van der Waals surface area (Å²) in [5.74, 6) is 0.855. The Morgan fingerprint density at radius 3 is 3.00 bits per heavy atom. The van der Waals surface area contributed by atoms with E-state index >= 15 is 0 Å². The molecule has 1 aromatic heterocycles. The van der Waals surface area contributed by atoms with Crippen LogP contribution in [0, 0.1) is 0 Å². The van der Waals surface area contributed by atoms with Crippen LogP contribution in [0.2, 0.25) is 0 Å². The minimum Gasteiger partial charge on any atom is -0.477 e. The summed E-state index contributed by atoms with van der Waals surface area (Å²) in [7, 11) is 0. The number of aromatic carboxylic acids is 1. The van der Waals surface area contributed by atoms with Gasteiger partial charge in [-0.1, -0.05) is 13.0 Å². The molecule has 0 spiro atoms. The molecule has 1 aromatic rings. The summed E-state index contributed by atoms with van der Waals surface area (Å²) in [5.41, 5.74) is 0.112. The summed E-state index contributed by atoms with van der Waals surface area (Å²) in [6.07, 6.45) is 0. The Balaban J connectivity index is 2.26. The van der Waals surface area contributed by atoms with Crippen LogP contribution in [0.1, 0.15) is 24.3 Å². The second-order valence-corrected chi connectivity index (χ2v) is 5.68. The lowest BCUT2D eigenvalue weighted by atomic mass is 10.2. The van der Waals surface area contributed by atoms with Gasteiger partial charge in [0, 0.05) is 23.6 Å². The third-order valence-electron chi connectivity index (χ3n) is 3.13. The molecule has 0 amide bonds. The molecule has 1 N–H and O–H groups in total. The number of hydrogen-bond donors (Lipinski definition) is 1. The Labute approximate surface area is 105 Å². The number of thioether (sulfide) groups is 1. The highest BCUT2D eigenvalue weighted by atomic mass is 32.2. The molecular weight excluding hydrogens is 236 g/mol. The quantitative estimate of drug-likeness (QED) is 0.873. The molecule has 5 heteroatoms. The van der Waals surface area contributed by atoms with Gasteiger partial charge in [0.25, 0.3) is 0 Å². The summed E-state index contributed by atoms with van der Waals surface area (Å²) < 4.78 is 0. The van der Waals surface area contributed by atoms with Crippen molar-refractivity contribution in [1.29, 1.82) is 0 Å². The van der Waals surface area contributed by atoms with Gasteiger partial charge in [0.2, 0.25) is 0 Å². The fraction of sp³-hybridized carbons (Fsp3) is 0.500. The van der Waals surface area contributed by atoms with Crippen molar-refractivity contribution in [1.82, 2.24) is 4.98 Å². The zero-order chi connectivity index (χ0) is 12.4. The van der Waals surface area contributed by atoms with Crippen LogP contribution >= 0.6 is 11.8 Å². The zero-order valence-electron chi connectivity index (χ0n) is 9.96. The van der Waals surface area contributed by atoms with Gasteiger partial charge in [0.1, 0.15) is 5.82 Å². The molecule has 17 heavy (non-hydrogen) atoms. The van der Waals surface area contributed by atoms with Gasteiger partial charge < -0.3 is 10.0 Å². The van der Waals surface area contributed by atoms with E-state index < -0.39 is 5.97 Å². The van der Waals surface area contributed by atoms with Crippen molar-refractivity contribution in [2.24, 2.45) is 0 Å². The Kier molecular flexibility index (Phi) is 3.57. The van der Waals surface area contributed by atoms with Crippen LogP contribution in [-0.2, 0) is 0 Å². The van der Waals surface area contributed by atoms with Crippen molar-refractivity contribution in [2.75, 3.05) is 17.2 Å². The highest BCUT2D eigenvalue weighted by Crippen LogP contribution is 2.27. The van der Waals surface area contributed by atoms with Crippen molar-refractivity contribution >= 4 is 23.5 Å². The van der Waals surface area contributed by atoms with Crippen LogP contribution in [-0.4, -0.2) is 39.6 Å². The molecule has 0 radical (unpaired) electrons. The smallest absolute Gasteiger partial charge is 0.354 e. The molecule has 1 saturated heterocycles. The average molecular weight is 252 g/mol. The first-order chi connectivity index (χ1) is 8.09. The average Bonchev–Trinajstić information content (AvgIpc) is 2.33. The number of rotatable bonds is 2. The van der Waals surface area contributed by atoms with Gasteiger partial charge in [-0.05, 0) is 19.1 Å². The van der Waals surface area contributed by atoms with Crippen LogP contribution in [0.25, 0.3) is 0 Å². The summed E-state index contributed by atoms with van der Waals surface area (Å²) >= 11 is 1.95. The van der Waals surface area contributed by atoms with E-state index in [2.05, 4.69) is 23.7 Å². The molecule has 0 aliphatic carbocycles. The first kappa shape index (κ1) is 12.2. The summed E-state index contributed by atoms with van der Waals surface area (Å²) in [6, 6.07) is 5.54. The van der Waals surface area contributed by atoms with E-state index in [0.29, 0.717) is 11.3 Å². The SMILES string of the molecule is CC1SCCN(c2cccc(C(=O)O)n2)C1C. The fourth-order valence-corrected chi connectivity index (χ4v) is 3.06. The van der Waals surface area contributed by atoms with E-state index in [0.717, 1.165) is 18.1 Å². The van der Waals surface area contributed by atoms with Crippen molar-refractivity contribution in [2.45, 2.75) is 25.1 Å². The Hall–Kier alpha value is -1.23. The predicted octanol–water partition coefficient (Wildman–Crippen LogP) is 2.11. The van der Waals surface area contributed by atoms with Crippen LogP contribution in [0.4, 0.5) is 5.82 Å². The number of carboxylic acid groups (broad SMARTS) is 1. The molecule has 2 atom stereocenters. The van der Waals surface area contributed by atoms with E-state index in [1.54, 1.807) is 6.07 Å². The van der Waals surface area contributed by atoms with Crippen molar-refractivity contribution in [3.8, 4) is 0 Å². The minimum absolute atomic E-state index is 0.112. The van der Waals surface area contributed by atoms with E-state index in [1.165, 1.54) is 6.07 Å². The number of nitrogens with zero attached hydrogens (tertiary/aromatic N) is 2. The Morgan fingerprint density at radius 2 is 2.29 bits per heavy atom. The largest absolute Gasteiger partial charge is 0.477 e. The summed E-state index contributed by atoms with van der Waals surface area (Å²) in [5, 5.41) is 9.48. The number of carboxylic acids is 1. The minimum atomic E-state index is -0.973. The van der Waals surface area contributed by atoms with Crippen LogP contribution < -0.4 is 4.90 Å². The fourth-order valence-electron chi connectivity index (χ4n) is 1.96. The second kappa shape index (κ2) is 4.96. The predicted molar refractivity (Wildman–Crippen MR) is 69.9 cm³/mol.